The van der Waals surface area contributed by atoms with E-state index in [2.05, 4.69) is 19.9 Å². The van der Waals surface area contributed by atoms with Gasteiger partial charge in [0, 0.05) is 0 Å². The first-order valence-electron chi connectivity index (χ1n) is 4.75. The number of hydrogen-bond acceptors (Lipinski definition) is 1. The van der Waals surface area contributed by atoms with Gasteiger partial charge in [0.05, 0.1) is 6.26 Å². The Morgan fingerprint density at radius 1 is 1.21 bits per heavy atom. The largest absolute Gasteiger partial charge is 0.497 e. The third kappa shape index (κ3) is 4.51. The first-order chi connectivity index (χ1) is 6.79. The topological polar surface area (TPSA) is 9.23 Å². The van der Waals surface area contributed by atoms with Gasteiger partial charge in [0.15, 0.2) is 0 Å². The zero-order valence-electron chi connectivity index (χ0n) is 8.73. The highest BCUT2D eigenvalue weighted by Crippen LogP contribution is 2.00. The number of rotatable bonds is 4. The fraction of sp³-hybridized carbons (Fsp3) is 0.231. The van der Waals surface area contributed by atoms with Crippen LogP contribution in [0.3, 0.4) is 0 Å². The quantitative estimate of drug-likeness (QED) is 0.398. The van der Waals surface area contributed by atoms with E-state index >= 15 is 0 Å². The second kappa shape index (κ2) is 6.03. The van der Waals surface area contributed by atoms with E-state index < -0.39 is 0 Å². The zero-order valence-corrected chi connectivity index (χ0v) is 8.73. The number of ether oxygens (including phenoxy) is 1. The molecule has 0 amide bonds. The van der Waals surface area contributed by atoms with Crippen molar-refractivity contribution in [2.45, 2.75) is 13.8 Å². The lowest BCUT2D eigenvalue weighted by molar-refractivity contribution is 0.292. The molecule has 1 aromatic rings. The summed E-state index contributed by atoms with van der Waals surface area (Å²) < 4.78 is 5.29. The van der Waals surface area contributed by atoms with E-state index in [0.717, 1.165) is 5.56 Å². The Morgan fingerprint density at radius 3 is 2.57 bits per heavy atom. The summed E-state index contributed by atoms with van der Waals surface area (Å²) in [5.41, 5.74) is 2.43. The monoisotopic (exact) mass is 188 g/mol. The Kier molecular flexibility index (Phi) is 4.56. The molecule has 1 heteroatoms. The number of hydrogen-bond donors (Lipinski definition) is 0. The van der Waals surface area contributed by atoms with E-state index in [9.17, 15) is 0 Å². The van der Waals surface area contributed by atoms with Crippen molar-refractivity contribution in [3.8, 4) is 0 Å². The van der Waals surface area contributed by atoms with E-state index in [1.165, 1.54) is 5.57 Å². The summed E-state index contributed by atoms with van der Waals surface area (Å²) in [7, 11) is 0. The van der Waals surface area contributed by atoms with Gasteiger partial charge in [-0.3, -0.25) is 0 Å². The van der Waals surface area contributed by atoms with Crippen molar-refractivity contribution >= 4 is 6.08 Å². The molecule has 0 aliphatic rings. The zero-order chi connectivity index (χ0) is 10.2. The van der Waals surface area contributed by atoms with E-state index in [4.69, 9.17) is 4.74 Å². The van der Waals surface area contributed by atoms with E-state index in [1.54, 1.807) is 6.26 Å². The maximum atomic E-state index is 5.29. The summed E-state index contributed by atoms with van der Waals surface area (Å²) in [4.78, 5) is 0. The number of benzene rings is 1. The van der Waals surface area contributed by atoms with E-state index in [0.29, 0.717) is 6.61 Å². The van der Waals surface area contributed by atoms with Crippen LogP contribution in [0.5, 0.6) is 0 Å². The highest BCUT2D eigenvalue weighted by atomic mass is 16.5. The lowest BCUT2D eigenvalue weighted by atomic mass is 10.2. The molecule has 0 saturated carbocycles. The molecule has 0 aliphatic heterocycles. The maximum absolute atomic E-state index is 5.29. The van der Waals surface area contributed by atoms with Crippen molar-refractivity contribution in [1.29, 1.82) is 0 Å². The Balaban J connectivity index is 2.32. The molecule has 0 saturated heterocycles. The summed E-state index contributed by atoms with van der Waals surface area (Å²) >= 11 is 0. The van der Waals surface area contributed by atoms with Gasteiger partial charge in [-0.2, -0.15) is 0 Å². The molecule has 1 rings (SSSR count). The van der Waals surface area contributed by atoms with Crippen LogP contribution in [0.2, 0.25) is 0 Å². The van der Waals surface area contributed by atoms with Gasteiger partial charge < -0.3 is 4.74 Å². The molecular weight excluding hydrogens is 172 g/mol. The molecule has 0 atom stereocenters. The van der Waals surface area contributed by atoms with Crippen LogP contribution in [-0.2, 0) is 4.74 Å². The van der Waals surface area contributed by atoms with Crippen molar-refractivity contribution in [2.24, 2.45) is 0 Å². The molecule has 0 bridgehead atoms. The van der Waals surface area contributed by atoms with Crippen LogP contribution in [-0.4, -0.2) is 6.61 Å². The molecule has 0 N–H and O–H groups in total. The Morgan fingerprint density at radius 2 is 1.93 bits per heavy atom. The molecule has 0 fully saturated rings. The average molecular weight is 188 g/mol. The molecule has 0 aliphatic carbocycles. The smallest absolute Gasteiger partial charge is 0.106 e. The molecule has 0 aromatic heterocycles. The SMILES string of the molecule is CC(C)=CCOC=Cc1ccccc1. The lowest BCUT2D eigenvalue weighted by Gasteiger charge is -1.95. The van der Waals surface area contributed by atoms with Crippen LogP contribution >= 0.6 is 0 Å². The van der Waals surface area contributed by atoms with Crippen molar-refractivity contribution in [3.05, 3.63) is 53.8 Å². The second-order valence-electron chi connectivity index (χ2n) is 3.33. The Bertz CT molecular complexity index is 305. The van der Waals surface area contributed by atoms with Crippen LogP contribution in [0.1, 0.15) is 19.4 Å². The van der Waals surface area contributed by atoms with Crippen LogP contribution in [0, 0.1) is 0 Å². The Hall–Kier alpha value is -1.50. The molecular formula is C13H16O. The van der Waals surface area contributed by atoms with Crippen LogP contribution in [0.4, 0.5) is 0 Å². The van der Waals surface area contributed by atoms with Crippen molar-refractivity contribution in [3.63, 3.8) is 0 Å². The van der Waals surface area contributed by atoms with Gasteiger partial charge in [-0.15, -0.1) is 0 Å². The van der Waals surface area contributed by atoms with Crippen LogP contribution in [0.15, 0.2) is 48.2 Å². The molecule has 0 spiro atoms. The number of allylic oxidation sites excluding steroid dienone is 1. The fourth-order valence-corrected chi connectivity index (χ4v) is 0.961. The normalized spacial score (nSPS) is 10.1. The summed E-state index contributed by atoms with van der Waals surface area (Å²) in [5, 5.41) is 0. The van der Waals surface area contributed by atoms with Gasteiger partial charge in [0.2, 0.25) is 0 Å². The van der Waals surface area contributed by atoms with E-state index in [1.807, 2.05) is 36.4 Å². The molecule has 0 unspecified atom stereocenters. The van der Waals surface area contributed by atoms with Crippen molar-refractivity contribution < 1.29 is 4.74 Å². The summed E-state index contributed by atoms with van der Waals surface area (Å²) in [6.07, 6.45) is 5.74. The Labute approximate surface area is 85.7 Å². The summed E-state index contributed by atoms with van der Waals surface area (Å²) in [5.74, 6) is 0. The summed E-state index contributed by atoms with van der Waals surface area (Å²) in [6.45, 7) is 4.76. The minimum absolute atomic E-state index is 0.645. The molecule has 14 heavy (non-hydrogen) atoms. The first kappa shape index (κ1) is 10.6. The van der Waals surface area contributed by atoms with Gasteiger partial charge in [-0.1, -0.05) is 35.9 Å². The third-order valence-electron chi connectivity index (χ3n) is 1.74. The predicted molar refractivity (Wildman–Crippen MR) is 60.9 cm³/mol. The summed E-state index contributed by atoms with van der Waals surface area (Å²) in [6, 6.07) is 10.1. The van der Waals surface area contributed by atoms with Gasteiger partial charge in [0.1, 0.15) is 6.61 Å². The third-order valence-corrected chi connectivity index (χ3v) is 1.74. The minimum atomic E-state index is 0.645. The van der Waals surface area contributed by atoms with Gasteiger partial charge >= 0.3 is 0 Å². The van der Waals surface area contributed by atoms with Crippen LogP contribution in [0.25, 0.3) is 6.08 Å². The molecule has 0 heterocycles. The van der Waals surface area contributed by atoms with Crippen molar-refractivity contribution in [1.82, 2.24) is 0 Å². The second-order valence-corrected chi connectivity index (χ2v) is 3.33. The van der Waals surface area contributed by atoms with Gasteiger partial charge in [-0.05, 0) is 31.6 Å². The minimum Gasteiger partial charge on any atom is -0.497 e. The standard InChI is InChI=1S/C13H16O/c1-12(2)8-10-14-11-9-13-6-4-3-5-7-13/h3-9,11H,10H2,1-2H3. The highest BCUT2D eigenvalue weighted by Gasteiger charge is 1.82. The highest BCUT2D eigenvalue weighted by molar-refractivity contribution is 5.47. The molecule has 1 nitrogen and oxygen atoms in total. The van der Waals surface area contributed by atoms with Crippen molar-refractivity contribution in [2.75, 3.05) is 6.61 Å². The van der Waals surface area contributed by atoms with E-state index in [-0.39, 0.29) is 0 Å². The maximum Gasteiger partial charge on any atom is 0.106 e. The molecule has 1 aromatic carbocycles. The first-order valence-corrected chi connectivity index (χ1v) is 4.75. The average Bonchev–Trinajstić information content (AvgIpc) is 2.18. The fourth-order valence-electron chi connectivity index (χ4n) is 0.961. The predicted octanol–water partition coefficient (Wildman–Crippen LogP) is 3.64. The van der Waals surface area contributed by atoms with Gasteiger partial charge in [-0.25, -0.2) is 0 Å². The molecule has 0 radical (unpaired) electrons. The lowest BCUT2D eigenvalue weighted by Crippen LogP contribution is -1.81. The van der Waals surface area contributed by atoms with Gasteiger partial charge in [0.25, 0.3) is 0 Å². The molecule has 74 valence electrons. The van der Waals surface area contributed by atoms with Crippen LogP contribution < -0.4 is 0 Å².